The molecule has 1 aromatic carbocycles. The van der Waals surface area contributed by atoms with Gasteiger partial charge in [-0.05, 0) is 35.5 Å². The summed E-state index contributed by atoms with van der Waals surface area (Å²) < 4.78 is 5.13. The van der Waals surface area contributed by atoms with E-state index >= 15 is 0 Å². The van der Waals surface area contributed by atoms with Gasteiger partial charge >= 0.3 is 0 Å². The van der Waals surface area contributed by atoms with Crippen molar-refractivity contribution in [2.24, 2.45) is 4.99 Å². The largest absolute Gasteiger partial charge is 0.497 e. The summed E-state index contributed by atoms with van der Waals surface area (Å²) in [5.41, 5.74) is 0.935. The number of aliphatic imine (C=N–C) groups is 1. The Labute approximate surface area is 145 Å². The van der Waals surface area contributed by atoms with Crippen LogP contribution in [0.1, 0.15) is 12.5 Å². The van der Waals surface area contributed by atoms with Crippen LogP contribution in [0.4, 0.5) is 0 Å². The van der Waals surface area contributed by atoms with Crippen LogP contribution in [-0.2, 0) is 9.59 Å². The summed E-state index contributed by atoms with van der Waals surface area (Å²) >= 11 is 1.39. The van der Waals surface area contributed by atoms with Crippen LogP contribution in [-0.4, -0.2) is 60.1 Å². The fraction of sp³-hybridized carbons (Fsp3) is 0.353. The molecule has 0 unspecified atom stereocenters. The molecule has 24 heavy (non-hydrogen) atoms. The zero-order chi connectivity index (χ0) is 17.1. The van der Waals surface area contributed by atoms with Crippen molar-refractivity contribution in [1.29, 1.82) is 0 Å². The first-order valence-corrected chi connectivity index (χ1v) is 8.55. The second-order valence-electron chi connectivity index (χ2n) is 5.58. The van der Waals surface area contributed by atoms with Crippen LogP contribution in [0, 0.1) is 0 Å². The molecule has 2 heterocycles. The van der Waals surface area contributed by atoms with Gasteiger partial charge in [0, 0.05) is 33.1 Å². The van der Waals surface area contributed by atoms with E-state index in [4.69, 9.17) is 4.74 Å². The maximum atomic E-state index is 12.1. The molecule has 1 fully saturated rings. The van der Waals surface area contributed by atoms with Gasteiger partial charge in [0.15, 0.2) is 5.17 Å². The van der Waals surface area contributed by atoms with E-state index in [1.165, 1.54) is 11.8 Å². The number of methoxy groups -OCH3 is 1. The Balaban J connectivity index is 1.65. The fourth-order valence-corrected chi connectivity index (χ4v) is 3.56. The van der Waals surface area contributed by atoms with Gasteiger partial charge in [0.2, 0.25) is 5.91 Å². The van der Waals surface area contributed by atoms with Gasteiger partial charge in [-0.1, -0.05) is 12.1 Å². The molecule has 0 spiro atoms. The molecule has 0 aromatic heterocycles. The van der Waals surface area contributed by atoms with Gasteiger partial charge < -0.3 is 14.5 Å². The smallest absolute Gasteiger partial charge is 0.286 e. The highest BCUT2D eigenvalue weighted by molar-refractivity contribution is 8.18. The molecule has 0 atom stereocenters. The van der Waals surface area contributed by atoms with Crippen LogP contribution in [0.15, 0.2) is 34.2 Å². The number of benzene rings is 1. The average Bonchev–Trinajstić information content (AvgIpc) is 2.96. The number of carbonyl (C=O) groups excluding carboxylic acids is 2. The summed E-state index contributed by atoms with van der Waals surface area (Å²) in [6, 6.07) is 7.53. The minimum Gasteiger partial charge on any atom is -0.497 e. The topological polar surface area (TPSA) is 62.2 Å². The van der Waals surface area contributed by atoms with Crippen molar-refractivity contribution < 1.29 is 14.3 Å². The minimum atomic E-state index is -0.209. The van der Waals surface area contributed by atoms with E-state index in [1.54, 1.807) is 14.0 Å². The Morgan fingerprint density at radius 3 is 2.46 bits per heavy atom. The fourth-order valence-electron chi connectivity index (χ4n) is 2.60. The molecule has 2 aliphatic heterocycles. The predicted octanol–water partition coefficient (Wildman–Crippen LogP) is 1.83. The standard InChI is InChI=1S/C17H19N3O3S/c1-12(21)19-7-9-20(10-8-19)17-18-16(22)15(24-17)11-13-3-5-14(23-2)6-4-13/h3-6,11H,7-10H2,1-2H3. The van der Waals surface area contributed by atoms with Crippen molar-refractivity contribution in [3.8, 4) is 5.75 Å². The molecule has 3 rings (SSSR count). The third kappa shape index (κ3) is 3.62. The lowest BCUT2D eigenvalue weighted by molar-refractivity contribution is -0.130. The first kappa shape index (κ1) is 16.6. The van der Waals surface area contributed by atoms with Crippen molar-refractivity contribution in [2.75, 3.05) is 33.3 Å². The highest BCUT2D eigenvalue weighted by Crippen LogP contribution is 2.30. The second-order valence-corrected chi connectivity index (χ2v) is 6.59. The number of rotatable bonds is 2. The first-order valence-electron chi connectivity index (χ1n) is 7.74. The molecule has 2 aliphatic rings. The summed E-state index contributed by atoms with van der Waals surface area (Å²) in [6.45, 7) is 4.32. The highest BCUT2D eigenvalue weighted by atomic mass is 32.2. The van der Waals surface area contributed by atoms with Crippen LogP contribution in [0.3, 0.4) is 0 Å². The number of amidine groups is 1. The number of hydrogen-bond acceptors (Lipinski definition) is 5. The number of thioether (sulfide) groups is 1. The molecule has 2 amide bonds. The third-order valence-corrected chi connectivity index (χ3v) is 5.06. The maximum absolute atomic E-state index is 12.1. The lowest BCUT2D eigenvalue weighted by Crippen LogP contribution is -2.49. The van der Waals surface area contributed by atoms with Crippen molar-refractivity contribution in [3.63, 3.8) is 0 Å². The number of amides is 2. The molecule has 0 N–H and O–H groups in total. The van der Waals surface area contributed by atoms with E-state index in [-0.39, 0.29) is 11.8 Å². The Hall–Kier alpha value is -2.28. The van der Waals surface area contributed by atoms with E-state index < -0.39 is 0 Å². The Morgan fingerprint density at radius 2 is 1.88 bits per heavy atom. The number of nitrogens with zero attached hydrogens (tertiary/aromatic N) is 3. The van der Waals surface area contributed by atoms with Gasteiger partial charge in [-0.15, -0.1) is 0 Å². The summed E-state index contributed by atoms with van der Waals surface area (Å²) in [5, 5.41) is 0.725. The summed E-state index contributed by atoms with van der Waals surface area (Å²) in [7, 11) is 1.62. The van der Waals surface area contributed by atoms with Crippen LogP contribution in [0.5, 0.6) is 5.75 Å². The summed E-state index contributed by atoms with van der Waals surface area (Å²) in [5.74, 6) is 0.662. The molecule has 126 valence electrons. The quantitative estimate of drug-likeness (QED) is 0.765. The van der Waals surface area contributed by atoms with Crippen LogP contribution < -0.4 is 4.74 Å². The van der Waals surface area contributed by atoms with Gasteiger partial charge in [0.25, 0.3) is 5.91 Å². The first-order chi connectivity index (χ1) is 11.6. The van der Waals surface area contributed by atoms with Gasteiger partial charge in [0.1, 0.15) is 5.75 Å². The van der Waals surface area contributed by atoms with Gasteiger partial charge in [-0.2, -0.15) is 4.99 Å². The van der Waals surface area contributed by atoms with E-state index in [2.05, 4.69) is 9.89 Å². The molecular weight excluding hydrogens is 326 g/mol. The maximum Gasteiger partial charge on any atom is 0.286 e. The zero-order valence-corrected chi connectivity index (χ0v) is 14.5. The molecule has 0 aliphatic carbocycles. The number of hydrogen-bond donors (Lipinski definition) is 0. The average molecular weight is 345 g/mol. The van der Waals surface area contributed by atoms with Crippen LogP contribution in [0.2, 0.25) is 0 Å². The van der Waals surface area contributed by atoms with E-state index in [0.29, 0.717) is 31.1 Å². The normalized spacial score (nSPS) is 19.7. The Morgan fingerprint density at radius 1 is 1.21 bits per heavy atom. The summed E-state index contributed by atoms with van der Waals surface area (Å²) in [4.78, 5) is 32.2. The van der Waals surface area contributed by atoms with E-state index in [0.717, 1.165) is 16.5 Å². The molecule has 6 nitrogen and oxygen atoms in total. The molecule has 0 saturated carbocycles. The van der Waals surface area contributed by atoms with Gasteiger partial charge in [-0.25, -0.2) is 0 Å². The molecule has 0 radical (unpaired) electrons. The Bertz CT molecular complexity index is 704. The van der Waals surface area contributed by atoms with Gasteiger partial charge in [0.05, 0.1) is 12.0 Å². The lowest BCUT2D eigenvalue weighted by atomic mass is 10.2. The Kier molecular flexibility index (Phi) is 4.89. The second kappa shape index (κ2) is 7.09. The molecule has 7 heteroatoms. The monoisotopic (exact) mass is 345 g/mol. The van der Waals surface area contributed by atoms with E-state index in [9.17, 15) is 9.59 Å². The number of ether oxygens (including phenoxy) is 1. The number of carbonyl (C=O) groups is 2. The highest BCUT2D eigenvalue weighted by Gasteiger charge is 2.28. The molecule has 0 bridgehead atoms. The van der Waals surface area contributed by atoms with Crippen molar-refractivity contribution in [2.45, 2.75) is 6.92 Å². The van der Waals surface area contributed by atoms with E-state index in [1.807, 2.05) is 35.2 Å². The van der Waals surface area contributed by atoms with Crippen LogP contribution >= 0.6 is 11.8 Å². The van der Waals surface area contributed by atoms with Crippen molar-refractivity contribution in [1.82, 2.24) is 9.80 Å². The lowest BCUT2D eigenvalue weighted by Gasteiger charge is -2.34. The van der Waals surface area contributed by atoms with Crippen molar-refractivity contribution >= 4 is 34.8 Å². The predicted molar refractivity (Wildman–Crippen MR) is 94.8 cm³/mol. The zero-order valence-electron chi connectivity index (χ0n) is 13.7. The third-order valence-electron chi connectivity index (χ3n) is 4.02. The molecule has 1 saturated heterocycles. The minimum absolute atomic E-state index is 0.0897. The SMILES string of the molecule is COc1ccc(C=C2SC(N3CCN(C(C)=O)CC3)=NC2=O)cc1. The van der Waals surface area contributed by atoms with Gasteiger partial charge in [-0.3, -0.25) is 9.59 Å². The molecular formula is C17H19N3O3S. The summed E-state index contributed by atoms with van der Waals surface area (Å²) in [6.07, 6.45) is 1.84. The van der Waals surface area contributed by atoms with Crippen LogP contribution in [0.25, 0.3) is 6.08 Å². The van der Waals surface area contributed by atoms with Crippen molar-refractivity contribution in [3.05, 3.63) is 34.7 Å². The number of piperazine rings is 1. The molecule has 1 aromatic rings.